The number of ketones is 2. The second-order valence-corrected chi connectivity index (χ2v) is 10.2. The number of amides is 1. The number of carbonyl (C=O) groups is 3. The highest BCUT2D eigenvalue weighted by atomic mass is 16.5. The molecule has 1 saturated carbocycles. The standard InChI is InChI=1S/C28H28N2O8/c1-30(2)22-17-11-13-10-16-15(12-4-6-14(38-3)7-5-12)8-9-18(31)20(16)23(32)19(13)25(34)28(17,37)26(35)21(24(22)33)27(29)36/h4-9,13,17,22,31-32,35,37H,10-11H2,1-3H3,(H2,29,36)/t13-,17-,22-,28-/m1/s1. The lowest BCUT2D eigenvalue weighted by Gasteiger charge is -2.50. The molecule has 0 saturated heterocycles. The molecule has 10 nitrogen and oxygen atoms in total. The van der Waals surface area contributed by atoms with Gasteiger partial charge in [-0.2, -0.15) is 0 Å². The molecule has 6 N–H and O–H groups in total. The number of carbonyl (C=O) groups excluding carboxylic acids is 3. The van der Waals surface area contributed by atoms with Crippen molar-refractivity contribution in [3.05, 3.63) is 64.4 Å². The number of fused-ring (bicyclic) bond motifs is 3. The molecule has 2 aromatic carbocycles. The molecule has 0 spiro atoms. The summed E-state index contributed by atoms with van der Waals surface area (Å²) in [5.41, 5.74) is 3.84. The van der Waals surface area contributed by atoms with Crippen LogP contribution in [0.1, 0.15) is 17.5 Å². The Balaban J connectivity index is 1.72. The van der Waals surface area contributed by atoms with Gasteiger partial charge in [0.25, 0.3) is 5.91 Å². The minimum Gasteiger partial charge on any atom is -0.508 e. The fraction of sp³-hybridized carbons (Fsp3) is 0.321. The molecule has 198 valence electrons. The van der Waals surface area contributed by atoms with Crippen molar-refractivity contribution in [3.8, 4) is 22.6 Å². The highest BCUT2D eigenvalue weighted by Crippen LogP contribution is 2.53. The summed E-state index contributed by atoms with van der Waals surface area (Å²) in [4.78, 5) is 40.6. The Morgan fingerprint density at radius 2 is 1.74 bits per heavy atom. The number of rotatable bonds is 4. The topological polar surface area (TPSA) is 171 Å². The third-order valence-corrected chi connectivity index (χ3v) is 8.01. The van der Waals surface area contributed by atoms with E-state index in [1.165, 1.54) is 11.0 Å². The first-order chi connectivity index (χ1) is 17.9. The number of phenolic OH excluding ortho intramolecular Hbond substituents is 1. The average molecular weight is 521 g/mol. The number of hydrogen-bond donors (Lipinski definition) is 5. The Morgan fingerprint density at radius 1 is 1.08 bits per heavy atom. The number of benzene rings is 2. The first kappa shape index (κ1) is 25.5. The number of methoxy groups -OCH3 is 1. The van der Waals surface area contributed by atoms with Crippen LogP contribution in [0.25, 0.3) is 16.9 Å². The van der Waals surface area contributed by atoms with Crippen molar-refractivity contribution in [1.82, 2.24) is 4.90 Å². The Kier molecular flexibility index (Phi) is 5.85. The molecule has 0 bridgehead atoms. The number of nitrogens with two attached hydrogens (primary N) is 1. The lowest BCUT2D eigenvalue weighted by atomic mass is 9.57. The SMILES string of the molecule is COc1ccc(-c2ccc(O)c3c2C[C@@H]2C[C@@H]4[C@@H](N(C)C)C(=O)C(C(N)=O)=C(O)[C@]4(O)C(=O)C2=C3O)cc1. The molecule has 3 aliphatic carbocycles. The number of phenols is 1. The predicted octanol–water partition coefficient (Wildman–Crippen LogP) is 1.64. The Morgan fingerprint density at radius 3 is 2.32 bits per heavy atom. The van der Waals surface area contributed by atoms with Crippen molar-refractivity contribution in [1.29, 1.82) is 0 Å². The fourth-order valence-corrected chi connectivity index (χ4v) is 6.29. The van der Waals surface area contributed by atoms with Gasteiger partial charge in [-0.1, -0.05) is 18.2 Å². The van der Waals surface area contributed by atoms with E-state index in [4.69, 9.17) is 10.5 Å². The third-order valence-electron chi connectivity index (χ3n) is 8.01. The molecule has 38 heavy (non-hydrogen) atoms. The predicted molar refractivity (Wildman–Crippen MR) is 136 cm³/mol. The zero-order valence-corrected chi connectivity index (χ0v) is 21.1. The van der Waals surface area contributed by atoms with Gasteiger partial charge in [0.15, 0.2) is 11.4 Å². The summed E-state index contributed by atoms with van der Waals surface area (Å²) in [6, 6.07) is 9.23. The number of aliphatic hydroxyl groups excluding tert-OH is 2. The van der Waals surface area contributed by atoms with Gasteiger partial charge >= 0.3 is 0 Å². The molecule has 4 atom stereocenters. The lowest BCUT2D eigenvalue weighted by Crippen LogP contribution is -2.65. The van der Waals surface area contributed by atoms with Crippen molar-refractivity contribution in [3.63, 3.8) is 0 Å². The van der Waals surface area contributed by atoms with E-state index < -0.39 is 58.0 Å². The van der Waals surface area contributed by atoms with E-state index in [9.17, 15) is 34.8 Å². The van der Waals surface area contributed by atoms with Gasteiger partial charge in [0, 0.05) is 11.5 Å². The van der Waals surface area contributed by atoms with E-state index in [2.05, 4.69) is 0 Å². The van der Waals surface area contributed by atoms with E-state index in [1.54, 1.807) is 39.4 Å². The van der Waals surface area contributed by atoms with Crippen molar-refractivity contribution >= 4 is 23.2 Å². The van der Waals surface area contributed by atoms with Crippen LogP contribution >= 0.6 is 0 Å². The van der Waals surface area contributed by atoms with Crippen LogP contribution < -0.4 is 10.5 Å². The van der Waals surface area contributed by atoms with Crippen LogP contribution in [-0.4, -0.2) is 75.6 Å². The van der Waals surface area contributed by atoms with Crippen LogP contribution in [0, 0.1) is 11.8 Å². The first-order valence-electron chi connectivity index (χ1n) is 12.1. The van der Waals surface area contributed by atoms with Gasteiger partial charge in [-0.3, -0.25) is 19.3 Å². The lowest BCUT2D eigenvalue weighted by molar-refractivity contribution is -0.153. The van der Waals surface area contributed by atoms with Crippen LogP contribution in [0.4, 0.5) is 0 Å². The number of aromatic hydroxyl groups is 1. The van der Waals surface area contributed by atoms with Gasteiger partial charge in [-0.25, -0.2) is 0 Å². The number of Topliss-reactive ketones (excluding diaryl/α,β-unsaturated/α-hetero) is 2. The van der Waals surface area contributed by atoms with Gasteiger partial charge in [0.1, 0.15) is 28.6 Å². The van der Waals surface area contributed by atoms with Crippen molar-refractivity contribution in [2.24, 2.45) is 17.6 Å². The molecular weight excluding hydrogens is 492 g/mol. The number of primary amides is 1. The van der Waals surface area contributed by atoms with Crippen LogP contribution in [0.2, 0.25) is 0 Å². The Bertz CT molecular complexity index is 1460. The number of nitrogens with zero attached hydrogens (tertiary/aromatic N) is 1. The van der Waals surface area contributed by atoms with E-state index in [1.807, 2.05) is 12.1 Å². The molecule has 0 radical (unpaired) electrons. The van der Waals surface area contributed by atoms with Crippen LogP contribution in [0.3, 0.4) is 0 Å². The molecule has 1 fully saturated rings. The molecule has 0 unspecified atom stereocenters. The summed E-state index contributed by atoms with van der Waals surface area (Å²) in [6.07, 6.45) is 0.244. The zero-order chi connectivity index (χ0) is 27.7. The maximum atomic E-state index is 13.9. The molecule has 10 heteroatoms. The van der Waals surface area contributed by atoms with Crippen LogP contribution in [0.5, 0.6) is 11.5 Å². The molecule has 0 heterocycles. The minimum atomic E-state index is -2.66. The number of hydrogen-bond acceptors (Lipinski definition) is 9. The van der Waals surface area contributed by atoms with Gasteiger partial charge in [-0.15, -0.1) is 0 Å². The largest absolute Gasteiger partial charge is 0.508 e. The molecular formula is C28H28N2O8. The summed E-state index contributed by atoms with van der Waals surface area (Å²) in [5.74, 6) is -6.08. The molecule has 0 aliphatic heterocycles. The molecule has 3 aliphatic rings. The summed E-state index contributed by atoms with van der Waals surface area (Å²) in [6.45, 7) is 0. The smallest absolute Gasteiger partial charge is 0.255 e. The van der Waals surface area contributed by atoms with Gasteiger partial charge in [0.05, 0.1) is 18.7 Å². The van der Waals surface area contributed by atoms with Gasteiger partial charge < -0.3 is 30.9 Å². The van der Waals surface area contributed by atoms with E-state index in [0.29, 0.717) is 11.3 Å². The Labute approximate surface area is 218 Å². The van der Waals surface area contributed by atoms with Crippen LogP contribution in [0.15, 0.2) is 53.3 Å². The third kappa shape index (κ3) is 3.37. The second kappa shape index (κ2) is 8.71. The van der Waals surface area contributed by atoms with Crippen molar-refractivity contribution < 1.29 is 39.5 Å². The molecule has 1 amide bonds. The Hall–Kier alpha value is -4.15. The summed E-state index contributed by atoms with van der Waals surface area (Å²) in [7, 11) is 4.68. The normalized spacial score (nSPS) is 26.7. The van der Waals surface area contributed by atoms with Crippen molar-refractivity contribution in [2.45, 2.75) is 24.5 Å². The second-order valence-electron chi connectivity index (χ2n) is 10.2. The van der Waals surface area contributed by atoms with Crippen molar-refractivity contribution in [2.75, 3.05) is 21.2 Å². The van der Waals surface area contributed by atoms with E-state index in [0.717, 1.165) is 11.1 Å². The quantitative estimate of drug-likeness (QED) is 0.376. The maximum Gasteiger partial charge on any atom is 0.255 e. The van der Waals surface area contributed by atoms with Gasteiger partial charge in [0.2, 0.25) is 5.78 Å². The number of likely N-dealkylation sites (N-methyl/N-ethyl adjacent to an activating group) is 1. The summed E-state index contributed by atoms with van der Waals surface area (Å²) >= 11 is 0. The molecule has 2 aromatic rings. The first-order valence-corrected chi connectivity index (χ1v) is 12.1. The fourth-order valence-electron chi connectivity index (χ4n) is 6.29. The number of aliphatic hydroxyl groups is 3. The molecule has 0 aromatic heterocycles. The van der Waals surface area contributed by atoms with E-state index in [-0.39, 0.29) is 29.7 Å². The zero-order valence-electron chi connectivity index (χ0n) is 21.1. The summed E-state index contributed by atoms with van der Waals surface area (Å²) in [5, 5.41) is 44.6. The minimum absolute atomic E-state index is 0.0312. The summed E-state index contributed by atoms with van der Waals surface area (Å²) < 4.78 is 5.23. The van der Waals surface area contributed by atoms with Gasteiger partial charge in [-0.05, 0) is 67.7 Å². The molecule has 5 rings (SSSR count). The average Bonchev–Trinajstić information content (AvgIpc) is 2.86. The number of ether oxygens (including phenoxy) is 1. The van der Waals surface area contributed by atoms with Crippen LogP contribution in [-0.2, 0) is 20.8 Å². The highest BCUT2D eigenvalue weighted by Gasteiger charge is 2.64. The monoisotopic (exact) mass is 520 g/mol. The van der Waals surface area contributed by atoms with E-state index >= 15 is 0 Å². The highest BCUT2D eigenvalue weighted by molar-refractivity contribution is 6.24. The maximum absolute atomic E-state index is 13.9.